The molecule has 0 saturated heterocycles. The summed E-state index contributed by atoms with van der Waals surface area (Å²) in [5.41, 5.74) is 0.700. The van der Waals surface area contributed by atoms with Gasteiger partial charge < -0.3 is 19.2 Å². The van der Waals surface area contributed by atoms with Gasteiger partial charge in [0, 0.05) is 35.2 Å². The lowest BCUT2D eigenvalue weighted by atomic mass is 10.1. The molecule has 0 unspecified atom stereocenters. The molecule has 0 spiro atoms. The number of fused-ring (bicyclic) bond motifs is 1. The van der Waals surface area contributed by atoms with Gasteiger partial charge in [-0.15, -0.1) is 11.3 Å². The van der Waals surface area contributed by atoms with Crippen LogP contribution in [0, 0.1) is 21.4 Å². The Morgan fingerprint density at radius 2 is 2.06 bits per heavy atom. The van der Waals surface area contributed by atoms with Crippen LogP contribution in [0.15, 0.2) is 63.3 Å². The standard InChI is InChI=1S/C23H16N4O6S/c1-31-16-4-6-21(32-2)18(9-16)25-11-14(10-24)22-26-19(12-34-22)17-8-13-7-15(27(29)30)3-5-20(13)33-23(17)28/h3-9,11-12,25H,1-2H3/b14-11-. The fourth-order valence-corrected chi connectivity index (χ4v) is 3.93. The van der Waals surface area contributed by atoms with Crippen molar-refractivity contribution in [2.24, 2.45) is 0 Å². The zero-order valence-corrected chi connectivity index (χ0v) is 18.7. The molecule has 34 heavy (non-hydrogen) atoms. The molecule has 1 N–H and O–H groups in total. The number of rotatable bonds is 7. The summed E-state index contributed by atoms with van der Waals surface area (Å²) in [5.74, 6) is 1.16. The summed E-state index contributed by atoms with van der Waals surface area (Å²) in [6.07, 6.45) is 1.48. The van der Waals surface area contributed by atoms with E-state index in [9.17, 15) is 20.2 Å². The highest BCUT2D eigenvalue weighted by Gasteiger charge is 2.16. The first-order valence-electron chi connectivity index (χ1n) is 9.71. The van der Waals surface area contributed by atoms with Crippen molar-refractivity contribution in [1.82, 2.24) is 4.98 Å². The van der Waals surface area contributed by atoms with Crippen molar-refractivity contribution in [3.05, 3.63) is 79.6 Å². The van der Waals surface area contributed by atoms with Gasteiger partial charge in [-0.1, -0.05) is 0 Å². The quantitative estimate of drug-likeness (QED) is 0.172. The summed E-state index contributed by atoms with van der Waals surface area (Å²) in [6.45, 7) is 0. The maximum absolute atomic E-state index is 12.5. The van der Waals surface area contributed by atoms with E-state index in [0.29, 0.717) is 33.3 Å². The van der Waals surface area contributed by atoms with Crippen LogP contribution in [-0.2, 0) is 0 Å². The lowest BCUT2D eigenvalue weighted by molar-refractivity contribution is -0.384. The molecule has 2 aromatic heterocycles. The van der Waals surface area contributed by atoms with Gasteiger partial charge in [0.05, 0.1) is 36.1 Å². The van der Waals surface area contributed by atoms with Crippen molar-refractivity contribution in [1.29, 1.82) is 5.26 Å². The summed E-state index contributed by atoms with van der Waals surface area (Å²) < 4.78 is 15.8. The molecule has 0 aliphatic rings. The Morgan fingerprint density at radius 3 is 2.76 bits per heavy atom. The van der Waals surface area contributed by atoms with Crippen LogP contribution in [-0.4, -0.2) is 24.1 Å². The molecule has 0 bridgehead atoms. The number of thiazole rings is 1. The van der Waals surface area contributed by atoms with Crippen molar-refractivity contribution in [3.63, 3.8) is 0 Å². The van der Waals surface area contributed by atoms with Crippen molar-refractivity contribution < 1.29 is 18.8 Å². The van der Waals surface area contributed by atoms with Crippen LogP contribution in [0.2, 0.25) is 0 Å². The first kappa shape index (κ1) is 22.5. The van der Waals surface area contributed by atoms with Crippen molar-refractivity contribution in [3.8, 4) is 28.8 Å². The largest absolute Gasteiger partial charge is 0.497 e. The van der Waals surface area contributed by atoms with Gasteiger partial charge in [0.15, 0.2) is 0 Å². The average Bonchev–Trinajstić information content (AvgIpc) is 3.33. The molecule has 2 heterocycles. The third-order valence-electron chi connectivity index (χ3n) is 4.84. The normalized spacial score (nSPS) is 11.1. The number of allylic oxidation sites excluding steroid dienone is 1. The second-order valence-corrected chi connectivity index (χ2v) is 7.70. The highest BCUT2D eigenvalue weighted by molar-refractivity contribution is 7.11. The van der Waals surface area contributed by atoms with Gasteiger partial charge in [-0.2, -0.15) is 5.26 Å². The predicted molar refractivity (Wildman–Crippen MR) is 127 cm³/mol. The van der Waals surface area contributed by atoms with E-state index in [1.807, 2.05) is 0 Å². The third-order valence-corrected chi connectivity index (χ3v) is 5.71. The molecule has 11 heteroatoms. The van der Waals surface area contributed by atoms with Gasteiger partial charge in [-0.3, -0.25) is 10.1 Å². The van der Waals surface area contributed by atoms with E-state index in [4.69, 9.17) is 13.9 Å². The van der Waals surface area contributed by atoms with E-state index >= 15 is 0 Å². The van der Waals surface area contributed by atoms with Gasteiger partial charge in [0.2, 0.25) is 0 Å². The van der Waals surface area contributed by atoms with Crippen LogP contribution in [0.4, 0.5) is 11.4 Å². The lowest BCUT2D eigenvalue weighted by Crippen LogP contribution is -2.03. The molecular weight excluding hydrogens is 460 g/mol. The zero-order valence-electron chi connectivity index (χ0n) is 17.9. The first-order valence-corrected chi connectivity index (χ1v) is 10.6. The number of hydrogen-bond acceptors (Lipinski definition) is 10. The molecule has 0 saturated carbocycles. The van der Waals surface area contributed by atoms with Crippen LogP contribution in [0.1, 0.15) is 5.01 Å². The van der Waals surface area contributed by atoms with Crippen molar-refractivity contribution in [2.45, 2.75) is 0 Å². The summed E-state index contributed by atoms with van der Waals surface area (Å²) in [7, 11) is 3.07. The Labute approximate surface area is 196 Å². The van der Waals surface area contributed by atoms with Crippen molar-refractivity contribution >= 4 is 39.3 Å². The topological polar surface area (TPSA) is 141 Å². The van der Waals surface area contributed by atoms with Gasteiger partial charge >= 0.3 is 5.63 Å². The lowest BCUT2D eigenvalue weighted by Gasteiger charge is -2.10. The van der Waals surface area contributed by atoms with Crippen molar-refractivity contribution in [2.75, 3.05) is 19.5 Å². The van der Waals surface area contributed by atoms with Gasteiger partial charge in [0.1, 0.15) is 33.7 Å². The summed E-state index contributed by atoms with van der Waals surface area (Å²) >= 11 is 1.17. The fraction of sp³-hybridized carbons (Fsp3) is 0.0870. The Bertz CT molecular complexity index is 1530. The number of non-ortho nitro benzene ring substituents is 1. The van der Waals surface area contributed by atoms with Gasteiger partial charge in [-0.05, 0) is 24.3 Å². The summed E-state index contributed by atoms with van der Waals surface area (Å²) in [6, 6.07) is 12.7. The second-order valence-electron chi connectivity index (χ2n) is 6.85. The molecule has 0 aliphatic carbocycles. The Kier molecular flexibility index (Phi) is 6.24. The van der Waals surface area contributed by atoms with Crippen LogP contribution < -0.4 is 20.4 Å². The second kappa shape index (κ2) is 9.43. The van der Waals surface area contributed by atoms with E-state index in [2.05, 4.69) is 16.4 Å². The maximum atomic E-state index is 12.5. The molecule has 4 rings (SSSR count). The maximum Gasteiger partial charge on any atom is 0.345 e. The number of methoxy groups -OCH3 is 2. The smallest absolute Gasteiger partial charge is 0.345 e. The van der Waals surface area contributed by atoms with Crippen LogP contribution in [0.5, 0.6) is 11.5 Å². The monoisotopic (exact) mass is 476 g/mol. The number of hydrogen-bond donors (Lipinski definition) is 1. The van der Waals surface area contributed by atoms with Crippen LogP contribution >= 0.6 is 11.3 Å². The zero-order chi connectivity index (χ0) is 24.2. The minimum Gasteiger partial charge on any atom is -0.497 e. The summed E-state index contributed by atoms with van der Waals surface area (Å²) in [5, 5.41) is 26.1. The molecule has 10 nitrogen and oxygen atoms in total. The minimum atomic E-state index is -0.639. The molecule has 0 amide bonds. The number of ether oxygens (including phenoxy) is 2. The molecule has 0 fully saturated rings. The SMILES string of the molecule is COc1ccc(OC)c(N/C=C(/C#N)c2nc(-c3cc4cc([N+](=O)[O-])ccc4oc3=O)cs2)c1. The number of nitriles is 1. The van der Waals surface area contributed by atoms with Crippen LogP contribution in [0.25, 0.3) is 27.8 Å². The van der Waals surface area contributed by atoms with Gasteiger partial charge in [-0.25, -0.2) is 9.78 Å². The molecule has 4 aromatic rings. The number of nitrogens with one attached hydrogen (secondary N) is 1. The Hall–Kier alpha value is -4.69. The first-order chi connectivity index (χ1) is 16.4. The molecule has 170 valence electrons. The Balaban J connectivity index is 1.68. The number of anilines is 1. The van der Waals surface area contributed by atoms with E-state index in [1.54, 1.807) is 30.7 Å². The Morgan fingerprint density at radius 1 is 1.24 bits per heavy atom. The minimum absolute atomic E-state index is 0.125. The number of aromatic nitrogens is 1. The highest BCUT2D eigenvalue weighted by atomic mass is 32.1. The number of nitrogens with zero attached hydrogens (tertiary/aromatic N) is 3. The summed E-state index contributed by atoms with van der Waals surface area (Å²) in [4.78, 5) is 27.4. The number of nitro benzene ring substituents is 1. The molecular formula is C23H16N4O6S. The molecule has 0 radical (unpaired) electrons. The van der Waals surface area contributed by atoms with E-state index < -0.39 is 10.5 Å². The van der Waals surface area contributed by atoms with Gasteiger partial charge in [0.25, 0.3) is 5.69 Å². The predicted octanol–water partition coefficient (Wildman–Crippen LogP) is 4.82. The highest BCUT2D eigenvalue weighted by Crippen LogP contribution is 2.31. The van der Waals surface area contributed by atoms with Crippen LogP contribution in [0.3, 0.4) is 0 Å². The third kappa shape index (κ3) is 4.43. The number of benzene rings is 2. The molecule has 0 atom stereocenters. The van der Waals surface area contributed by atoms with E-state index in [1.165, 1.54) is 48.9 Å². The van der Waals surface area contributed by atoms with E-state index in [-0.39, 0.29) is 22.4 Å². The molecule has 2 aromatic carbocycles. The molecule has 0 aliphatic heterocycles. The fourth-order valence-electron chi connectivity index (χ4n) is 3.14. The number of nitro groups is 1. The average molecular weight is 476 g/mol. The van der Waals surface area contributed by atoms with E-state index in [0.717, 1.165) is 0 Å².